The second-order valence-electron chi connectivity index (χ2n) is 10.3. The zero-order chi connectivity index (χ0) is 36.3. The van der Waals surface area contributed by atoms with Gasteiger partial charge >= 0.3 is 0 Å². The van der Waals surface area contributed by atoms with Gasteiger partial charge in [0.25, 0.3) is 17.1 Å². The van der Waals surface area contributed by atoms with Gasteiger partial charge in [0.1, 0.15) is 11.6 Å². The van der Waals surface area contributed by atoms with Gasteiger partial charge in [0, 0.05) is 11.1 Å². The quantitative estimate of drug-likeness (QED) is 0.0919. The van der Waals surface area contributed by atoms with Crippen molar-refractivity contribution < 1.29 is 35.1 Å². The summed E-state index contributed by atoms with van der Waals surface area (Å²) in [7, 11) is 0. The third-order valence-electron chi connectivity index (χ3n) is 8.09. The van der Waals surface area contributed by atoms with E-state index in [9.17, 15) is 28.1 Å². The lowest BCUT2D eigenvalue weighted by Crippen LogP contribution is -2.06. The summed E-state index contributed by atoms with van der Waals surface area (Å²) in [6.07, 6.45) is 0. The molecule has 50 heavy (non-hydrogen) atoms. The van der Waals surface area contributed by atoms with Gasteiger partial charge in [-0.2, -0.15) is 5.26 Å². The van der Waals surface area contributed by atoms with E-state index >= 15 is 17.6 Å². The summed E-state index contributed by atoms with van der Waals surface area (Å²) in [6, 6.07) is 10.9. The third kappa shape index (κ3) is 4.07. The van der Waals surface area contributed by atoms with E-state index in [-0.39, 0.29) is 22.3 Å². The smallest absolute Gasteiger partial charge is 0.232 e. The van der Waals surface area contributed by atoms with Gasteiger partial charge in [0.05, 0.1) is 43.0 Å². The molecule has 0 unspecified atom stereocenters. The summed E-state index contributed by atoms with van der Waals surface area (Å²) in [5, 5.41) is 29.1. The number of fused-ring (bicyclic) bond motifs is 4. The lowest BCUT2D eigenvalue weighted by atomic mass is 9.85. The van der Waals surface area contributed by atoms with Crippen LogP contribution < -0.4 is 0 Å². The Hall–Kier alpha value is -7.52. The molecule has 0 saturated carbocycles. The maximum Gasteiger partial charge on any atom is 0.270 e. The van der Waals surface area contributed by atoms with Crippen molar-refractivity contribution in [1.82, 2.24) is 0 Å². The van der Waals surface area contributed by atoms with E-state index in [1.165, 1.54) is 12.1 Å². The summed E-state index contributed by atoms with van der Waals surface area (Å²) in [4.78, 5) is 8.88. The third-order valence-corrected chi connectivity index (χ3v) is 8.09. The molecule has 0 atom stereocenters. The zero-order valence-corrected chi connectivity index (χ0v) is 24.2. The molecule has 2 aliphatic carbocycles. The Morgan fingerprint density at radius 1 is 0.500 bits per heavy atom. The first-order valence-corrected chi connectivity index (χ1v) is 13.5. The number of halogens is 8. The Labute approximate surface area is 275 Å². The molecule has 14 heteroatoms. The standard InChI is InChI=1S/C36H6F8N6/c1-48-18(11-46)22-13-6-4-8-15(24-30(39)28(37)17(10-45)29(38)31(24)40)20(13)26-23(19(12-47)49-2)14-7-5-9-16(21(14)27(22)26)25-32(41)34(43)36(50-3)35(44)33(25)42/h4-9H/b22-18+,23-19-. The predicted octanol–water partition coefficient (Wildman–Crippen LogP) is 9.80. The molecule has 2 aliphatic rings. The van der Waals surface area contributed by atoms with E-state index in [4.69, 9.17) is 25.0 Å². The SMILES string of the molecule is [C-]#[N+]/C(C#N)=C1C2=C(/C(=C(\C#N)[N+]#[C-])c3cccc(-c4c(F)c(F)c(C#N)c(F)c4F)c32)c2c\1cccc2-c1c(F)c(F)c([N+]#[C-])c(F)c1F. The lowest BCUT2D eigenvalue weighted by Gasteiger charge is -2.19. The van der Waals surface area contributed by atoms with Gasteiger partial charge in [-0.3, -0.25) is 0 Å². The highest BCUT2D eigenvalue weighted by molar-refractivity contribution is 6.39. The molecular formula is C36H6F8N6. The molecule has 0 heterocycles. The van der Waals surface area contributed by atoms with Crippen molar-refractivity contribution in [2.45, 2.75) is 0 Å². The molecule has 0 saturated heterocycles. The molecule has 6 nitrogen and oxygen atoms in total. The van der Waals surface area contributed by atoms with Gasteiger partial charge in [-0.1, -0.05) is 36.4 Å². The van der Waals surface area contributed by atoms with Crippen LogP contribution in [0.5, 0.6) is 0 Å². The highest BCUT2D eigenvalue weighted by atomic mass is 19.2. The normalized spacial score (nSPS) is 14.3. The van der Waals surface area contributed by atoms with Crippen molar-refractivity contribution in [3.8, 4) is 40.5 Å². The number of allylic oxidation sites excluding steroid dienone is 6. The lowest BCUT2D eigenvalue weighted by molar-refractivity contribution is 0.454. The predicted molar refractivity (Wildman–Crippen MR) is 159 cm³/mol. The second kappa shape index (κ2) is 11.6. The number of nitrogens with zero attached hydrogens (tertiary/aromatic N) is 6. The Bertz CT molecular complexity index is 2420. The van der Waals surface area contributed by atoms with Crippen LogP contribution in [0.25, 0.3) is 59.1 Å². The number of rotatable bonds is 2. The second-order valence-corrected chi connectivity index (χ2v) is 10.3. The number of hydrogen-bond donors (Lipinski definition) is 0. The summed E-state index contributed by atoms with van der Waals surface area (Å²) in [5.74, 6) is -16.3. The van der Waals surface area contributed by atoms with Crippen LogP contribution in [0.2, 0.25) is 0 Å². The van der Waals surface area contributed by atoms with Gasteiger partial charge < -0.3 is 0 Å². The molecule has 0 radical (unpaired) electrons. The highest BCUT2D eigenvalue weighted by Gasteiger charge is 2.44. The minimum atomic E-state index is -2.06. The molecule has 0 bridgehead atoms. The highest BCUT2D eigenvalue weighted by Crippen LogP contribution is 2.63. The Kier molecular flexibility index (Phi) is 7.54. The van der Waals surface area contributed by atoms with Crippen molar-refractivity contribution in [3.05, 3.63) is 156 Å². The van der Waals surface area contributed by atoms with Crippen molar-refractivity contribution in [1.29, 1.82) is 15.8 Å². The van der Waals surface area contributed by atoms with Crippen LogP contribution >= 0.6 is 0 Å². The van der Waals surface area contributed by atoms with Crippen LogP contribution in [0, 0.1) is 100 Å². The summed E-state index contributed by atoms with van der Waals surface area (Å²) in [6.45, 7) is 22.3. The first-order chi connectivity index (χ1) is 23.9. The molecule has 0 fully saturated rings. The van der Waals surface area contributed by atoms with Gasteiger partial charge in [-0.15, -0.1) is 0 Å². The van der Waals surface area contributed by atoms with Crippen LogP contribution in [-0.2, 0) is 0 Å². The van der Waals surface area contributed by atoms with Gasteiger partial charge in [-0.25, -0.2) is 60.2 Å². The number of benzene rings is 4. The van der Waals surface area contributed by atoms with Crippen molar-refractivity contribution in [3.63, 3.8) is 0 Å². The minimum absolute atomic E-state index is 0.229. The van der Waals surface area contributed by atoms with Crippen LogP contribution in [0.3, 0.4) is 0 Å². The van der Waals surface area contributed by atoms with Crippen molar-refractivity contribution in [2.75, 3.05) is 0 Å². The van der Waals surface area contributed by atoms with Gasteiger partial charge in [0.2, 0.25) is 0 Å². The van der Waals surface area contributed by atoms with Crippen molar-refractivity contribution in [2.24, 2.45) is 0 Å². The molecule has 0 spiro atoms. The molecule has 236 valence electrons. The summed E-state index contributed by atoms with van der Waals surface area (Å²) >= 11 is 0. The van der Waals surface area contributed by atoms with Crippen LogP contribution in [0.15, 0.2) is 47.8 Å². The van der Waals surface area contributed by atoms with Crippen LogP contribution in [-0.4, -0.2) is 0 Å². The van der Waals surface area contributed by atoms with E-state index in [2.05, 4.69) is 14.5 Å². The monoisotopic (exact) mass is 674 g/mol. The number of hydrogen-bond acceptors (Lipinski definition) is 3. The van der Waals surface area contributed by atoms with Gasteiger partial charge in [-0.05, 0) is 44.5 Å². The van der Waals surface area contributed by atoms with Crippen molar-refractivity contribution >= 4 is 28.0 Å². The Morgan fingerprint density at radius 3 is 1.18 bits per heavy atom. The fraction of sp³-hybridized carbons (Fsp3) is 0. The van der Waals surface area contributed by atoms with Crippen LogP contribution in [0.4, 0.5) is 40.8 Å². The Morgan fingerprint density at radius 2 is 0.860 bits per heavy atom. The Balaban J connectivity index is 1.89. The average molecular weight is 674 g/mol. The van der Waals surface area contributed by atoms with Crippen LogP contribution in [0.1, 0.15) is 27.8 Å². The largest absolute Gasteiger partial charge is 0.270 e. The van der Waals surface area contributed by atoms with E-state index in [0.717, 1.165) is 30.3 Å². The van der Waals surface area contributed by atoms with E-state index < -0.39 is 114 Å². The first-order valence-electron chi connectivity index (χ1n) is 13.5. The zero-order valence-electron chi connectivity index (χ0n) is 24.2. The summed E-state index contributed by atoms with van der Waals surface area (Å²) < 4.78 is 122. The molecule has 4 aromatic rings. The maximum absolute atomic E-state index is 15.6. The van der Waals surface area contributed by atoms with E-state index in [0.29, 0.717) is 0 Å². The molecule has 0 aromatic heterocycles. The topological polar surface area (TPSA) is 84.5 Å². The minimum Gasteiger partial charge on any atom is -0.232 e. The molecule has 4 aromatic carbocycles. The molecule has 6 rings (SSSR count). The van der Waals surface area contributed by atoms with E-state index in [1.54, 1.807) is 12.1 Å². The summed E-state index contributed by atoms with van der Waals surface area (Å²) in [5.41, 5.74) is -11.5. The fourth-order valence-electron chi connectivity index (χ4n) is 6.18. The molecule has 0 aliphatic heterocycles. The van der Waals surface area contributed by atoms with Gasteiger partial charge in [0.15, 0.2) is 46.5 Å². The van der Waals surface area contributed by atoms with E-state index in [1.807, 2.05) is 0 Å². The average Bonchev–Trinajstić information content (AvgIpc) is 3.62. The fourth-order valence-corrected chi connectivity index (χ4v) is 6.18. The first kappa shape index (κ1) is 32.4. The molecule has 0 amide bonds. The number of nitriles is 3. The maximum atomic E-state index is 15.6. The molecule has 0 N–H and O–H groups in total. The molecular weight excluding hydrogens is 668 g/mol.